The molecule has 0 aromatic carbocycles. The number of aromatic nitrogens is 2. The minimum absolute atomic E-state index is 0.0208. The molecule has 2 heterocycles. The fourth-order valence-corrected chi connectivity index (χ4v) is 2.52. The van der Waals surface area contributed by atoms with Crippen molar-refractivity contribution in [1.82, 2.24) is 9.38 Å². The first-order valence-corrected chi connectivity index (χ1v) is 5.24. The van der Waals surface area contributed by atoms with E-state index < -0.39 is 12.0 Å². The van der Waals surface area contributed by atoms with Crippen LogP contribution in [0.15, 0.2) is 12.5 Å². The Kier molecular flexibility index (Phi) is 2.45. The van der Waals surface area contributed by atoms with E-state index in [-0.39, 0.29) is 10.6 Å². The van der Waals surface area contributed by atoms with Gasteiger partial charge in [-0.15, -0.1) is 17.8 Å². The van der Waals surface area contributed by atoms with Crippen LogP contribution < -0.4 is 0 Å². The van der Waals surface area contributed by atoms with Gasteiger partial charge in [-0.3, -0.25) is 4.40 Å². The zero-order valence-corrected chi connectivity index (χ0v) is 9.13. The van der Waals surface area contributed by atoms with Gasteiger partial charge in [-0.2, -0.15) is 0 Å². The van der Waals surface area contributed by atoms with Crippen molar-refractivity contribution in [2.24, 2.45) is 0 Å². The fourth-order valence-electron chi connectivity index (χ4n) is 1.45. The van der Waals surface area contributed by atoms with Gasteiger partial charge < -0.3 is 5.11 Å². The maximum absolute atomic E-state index is 13.3. The molecular formula is C10H8F2N2OS. The summed E-state index contributed by atoms with van der Waals surface area (Å²) in [5.74, 6) is -0.989. The number of rotatable bonds is 2. The van der Waals surface area contributed by atoms with Crippen molar-refractivity contribution in [3.8, 4) is 12.3 Å². The van der Waals surface area contributed by atoms with Crippen LogP contribution in [0.2, 0.25) is 0 Å². The molecule has 16 heavy (non-hydrogen) atoms. The molecule has 0 bridgehead atoms. The number of terminal acetylenes is 1. The van der Waals surface area contributed by atoms with E-state index in [1.165, 1.54) is 16.9 Å². The van der Waals surface area contributed by atoms with Gasteiger partial charge in [0.05, 0.1) is 16.8 Å². The number of aliphatic hydroxyl groups is 1. The fraction of sp³-hybridized carbons (Fsp3) is 0.300. The molecule has 6 heteroatoms. The normalized spacial score (nSPS) is 13.9. The monoisotopic (exact) mass is 242 g/mol. The number of aliphatic hydroxyl groups excluding tert-OH is 1. The molecule has 1 atom stereocenters. The van der Waals surface area contributed by atoms with Crippen molar-refractivity contribution < 1.29 is 13.9 Å². The number of alkyl halides is 2. The minimum atomic E-state index is -3.03. The second-order valence-electron chi connectivity index (χ2n) is 3.38. The summed E-state index contributed by atoms with van der Waals surface area (Å²) in [6.07, 6.45) is 6.51. The third-order valence-corrected chi connectivity index (χ3v) is 3.40. The lowest BCUT2D eigenvalue weighted by Crippen LogP contribution is -2.11. The second kappa shape index (κ2) is 3.54. The van der Waals surface area contributed by atoms with Gasteiger partial charge in [-0.05, 0) is 0 Å². The molecule has 0 saturated heterocycles. The van der Waals surface area contributed by atoms with Crippen molar-refractivity contribution in [2.45, 2.75) is 19.0 Å². The quantitative estimate of drug-likeness (QED) is 0.819. The van der Waals surface area contributed by atoms with E-state index in [2.05, 4.69) is 4.98 Å². The number of thiazole rings is 1. The zero-order chi connectivity index (χ0) is 11.9. The Hall–Kier alpha value is -1.45. The lowest BCUT2D eigenvalue weighted by atomic mass is 10.2. The molecule has 2 aromatic rings. The summed E-state index contributed by atoms with van der Waals surface area (Å²) < 4.78 is 28.0. The number of hydrogen-bond acceptors (Lipinski definition) is 3. The first-order valence-electron chi connectivity index (χ1n) is 4.42. The minimum Gasteiger partial charge on any atom is -0.374 e. The van der Waals surface area contributed by atoms with Crippen LogP contribution in [0.1, 0.15) is 23.6 Å². The first-order chi connectivity index (χ1) is 7.45. The molecule has 0 saturated carbocycles. The lowest BCUT2D eigenvalue weighted by molar-refractivity contribution is 0.0184. The van der Waals surface area contributed by atoms with Crippen molar-refractivity contribution in [2.75, 3.05) is 0 Å². The Labute approximate surface area is 94.4 Å². The van der Waals surface area contributed by atoms with Gasteiger partial charge in [0.1, 0.15) is 11.2 Å². The van der Waals surface area contributed by atoms with Crippen LogP contribution in [-0.2, 0) is 5.92 Å². The Morgan fingerprint density at radius 2 is 2.38 bits per heavy atom. The maximum Gasteiger partial charge on any atom is 0.281 e. The van der Waals surface area contributed by atoms with Crippen molar-refractivity contribution in [1.29, 1.82) is 0 Å². The zero-order valence-electron chi connectivity index (χ0n) is 8.32. The number of imidazole rings is 1. The molecule has 0 fully saturated rings. The third-order valence-electron chi connectivity index (χ3n) is 2.12. The van der Waals surface area contributed by atoms with Crippen LogP contribution in [0.5, 0.6) is 0 Å². The van der Waals surface area contributed by atoms with Crippen molar-refractivity contribution in [3.05, 3.63) is 23.1 Å². The maximum atomic E-state index is 13.3. The molecule has 1 unspecified atom stereocenters. The number of hydrogen-bond donors (Lipinski definition) is 1. The van der Waals surface area contributed by atoms with Crippen LogP contribution in [0.25, 0.3) is 4.83 Å². The Bertz CT molecular complexity index is 561. The second-order valence-corrected chi connectivity index (χ2v) is 4.41. The average molecular weight is 242 g/mol. The van der Waals surface area contributed by atoms with Gasteiger partial charge in [-0.1, -0.05) is 5.92 Å². The molecule has 0 aliphatic carbocycles. The Balaban J connectivity index is 2.74. The van der Waals surface area contributed by atoms with E-state index in [9.17, 15) is 13.9 Å². The van der Waals surface area contributed by atoms with Crippen LogP contribution in [0.4, 0.5) is 8.78 Å². The van der Waals surface area contributed by atoms with Crippen LogP contribution in [0, 0.1) is 12.3 Å². The molecule has 0 aliphatic rings. The van der Waals surface area contributed by atoms with Gasteiger partial charge in [0, 0.05) is 6.92 Å². The molecule has 84 valence electrons. The summed E-state index contributed by atoms with van der Waals surface area (Å²) in [6, 6.07) is 0. The first kappa shape index (κ1) is 11.0. The predicted octanol–water partition coefficient (Wildman–Crippen LogP) is 2.17. The molecule has 0 amide bonds. The predicted molar refractivity (Wildman–Crippen MR) is 56.4 cm³/mol. The summed E-state index contributed by atoms with van der Waals surface area (Å²) in [5.41, 5.74) is 0.0208. The van der Waals surface area contributed by atoms with Crippen molar-refractivity contribution >= 4 is 16.2 Å². The van der Waals surface area contributed by atoms with E-state index in [1.807, 2.05) is 5.92 Å². The van der Waals surface area contributed by atoms with E-state index in [1.54, 1.807) is 0 Å². The highest BCUT2D eigenvalue weighted by atomic mass is 32.1. The molecule has 1 N–H and O–H groups in total. The van der Waals surface area contributed by atoms with Crippen LogP contribution in [0.3, 0.4) is 0 Å². The van der Waals surface area contributed by atoms with Gasteiger partial charge in [0.2, 0.25) is 0 Å². The Morgan fingerprint density at radius 1 is 1.69 bits per heavy atom. The largest absolute Gasteiger partial charge is 0.374 e. The molecule has 2 aromatic heterocycles. The van der Waals surface area contributed by atoms with E-state index in [0.717, 1.165) is 18.3 Å². The third kappa shape index (κ3) is 1.58. The highest BCUT2D eigenvalue weighted by Crippen LogP contribution is 2.39. The summed E-state index contributed by atoms with van der Waals surface area (Å²) in [6.45, 7) is 0.776. The molecular weight excluding hydrogens is 234 g/mol. The standard InChI is InChI=1S/C10H8F2N2OS/c1-3-6(15)8-9(10(2,11)12)16-7-4-13-5-14(7)8/h1,4-6,15H,2H3. The molecule has 0 spiro atoms. The highest BCUT2D eigenvalue weighted by Gasteiger charge is 2.34. The molecule has 3 nitrogen and oxygen atoms in total. The lowest BCUT2D eigenvalue weighted by Gasteiger charge is -2.12. The summed E-state index contributed by atoms with van der Waals surface area (Å²) in [5, 5.41) is 9.57. The highest BCUT2D eigenvalue weighted by molar-refractivity contribution is 7.17. The number of fused-ring (bicyclic) bond motifs is 1. The van der Waals surface area contributed by atoms with Gasteiger partial charge in [0.25, 0.3) is 5.92 Å². The van der Waals surface area contributed by atoms with Crippen LogP contribution in [-0.4, -0.2) is 14.5 Å². The van der Waals surface area contributed by atoms with Crippen LogP contribution >= 0.6 is 11.3 Å². The van der Waals surface area contributed by atoms with Crippen molar-refractivity contribution in [3.63, 3.8) is 0 Å². The molecule has 2 rings (SSSR count). The molecule has 0 radical (unpaired) electrons. The van der Waals surface area contributed by atoms with Gasteiger partial charge >= 0.3 is 0 Å². The number of nitrogens with zero attached hydrogens (tertiary/aromatic N) is 2. The SMILES string of the molecule is C#CC(O)c1c(C(C)(F)F)sc2cncn12. The molecule has 0 aliphatic heterocycles. The topological polar surface area (TPSA) is 37.5 Å². The summed E-state index contributed by atoms with van der Waals surface area (Å²) in [4.78, 5) is 4.11. The van der Waals surface area contributed by atoms with Gasteiger partial charge in [0.15, 0.2) is 6.10 Å². The summed E-state index contributed by atoms with van der Waals surface area (Å²) in [7, 11) is 0. The number of halogens is 2. The smallest absolute Gasteiger partial charge is 0.281 e. The Morgan fingerprint density at radius 3 is 2.94 bits per heavy atom. The average Bonchev–Trinajstić information content (AvgIpc) is 2.73. The van der Waals surface area contributed by atoms with Gasteiger partial charge in [-0.25, -0.2) is 13.8 Å². The summed E-state index contributed by atoms with van der Waals surface area (Å²) >= 11 is 0.876. The van der Waals surface area contributed by atoms with E-state index >= 15 is 0 Å². The van der Waals surface area contributed by atoms with E-state index in [4.69, 9.17) is 6.42 Å². The van der Waals surface area contributed by atoms with E-state index in [0.29, 0.717) is 4.83 Å².